The average molecular weight is 295 g/mol. The SMILES string of the molecule is N#Cc1csc(CNc2c([N+](=O)[O-])ccc(F)c2F)c1. The van der Waals surface area contributed by atoms with E-state index in [-0.39, 0.29) is 6.54 Å². The number of rotatable bonds is 4. The zero-order valence-electron chi connectivity index (χ0n) is 9.89. The van der Waals surface area contributed by atoms with Gasteiger partial charge in [0.1, 0.15) is 6.07 Å². The zero-order valence-corrected chi connectivity index (χ0v) is 10.7. The number of benzene rings is 1. The van der Waals surface area contributed by atoms with Crippen LogP contribution < -0.4 is 5.32 Å². The standard InChI is InChI=1S/C12H7F2N3O2S/c13-9-1-2-10(17(18)19)12(11(9)14)16-5-8-3-7(4-15)6-20-8/h1-3,6,16H,5H2. The van der Waals surface area contributed by atoms with Crippen molar-refractivity contribution in [3.63, 3.8) is 0 Å². The van der Waals surface area contributed by atoms with Gasteiger partial charge in [0, 0.05) is 22.9 Å². The van der Waals surface area contributed by atoms with Crippen LogP contribution in [-0.4, -0.2) is 4.92 Å². The number of nitro groups is 1. The highest BCUT2D eigenvalue weighted by Crippen LogP contribution is 2.30. The third kappa shape index (κ3) is 2.73. The molecule has 0 saturated heterocycles. The van der Waals surface area contributed by atoms with Crippen LogP contribution in [0.4, 0.5) is 20.2 Å². The van der Waals surface area contributed by atoms with Crippen molar-refractivity contribution in [2.24, 2.45) is 0 Å². The molecule has 0 spiro atoms. The summed E-state index contributed by atoms with van der Waals surface area (Å²) in [6, 6.07) is 5.11. The molecule has 0 atom stereocenters. The van der Waals surface area contributed by atoms with Gasteiger partial charge in [-0.2, -0.15) is 5.26 Å². The molecule has 5 nitrogen and oxygen atoms in total. The molecule has 0 aliphatic carbocycles. The third-order valence-corrected chi connectivity index (χ3v) is 3.43. The van der Waals surface area contributed by atoms with E-state index in [1.165, 1.54) is 11.3 Å². The Kier molecular flexibility index (Phi) is 3.91. The van der Waals surface area contributed by atoms with Crippen LogP contribution in [0.1, 0.15) is 10.4 Å². The lowest BCUT2D eigenvalue weighted by molar-refractivity contribution is -0.384. The molecule has 20 heavy (non-hydrogen) atoms. The second kappa shape index (κ2) is 5.63. The third-order valence-electron chi connectivity index (χ3n) is 2.49. The quantitative estimate of drug-likeness (QED) is 0.692. The van der Waals surface area contributed by atoms with Crippen molar-refractivity contribution in [1.29, 1.82) is 5.26 Å². The molecule has 0 unspecified atom stereocenters. The number of nitrogens with zero attached hydrogens (tertiary/aromatic N) is 2. The highest BCUT2D eigenvalue weighted by Gasteiger charge is 2.21. The van der Waals surface area contributed by atoms with Gasteiger partial charge in [-0.25, -0.2) is 8.78 Å². The summed E-state index contributed by atoms with van der Waals surface area (Å²) >= 11 is 1.25. The summed E-state index contributed by atoms with van der Waals surface area (Å²) in [6.45, 7) is 0.0631. The maximum absolute atomic E-state index is 13.6. The summed E-state index contributed by atoms with van der Waals surface area (Å²) in [5.74, 6) is -2.46. The first-order valence-electron chi connectivity index (χ1n) is 5.36. The summed E-state index contributed by atoms with van der Waals surface area (Å²) in [7, 11) is 0. The van der Waals surface area contributed by atoms with Gasteiger partial charge < -0.3 is 5.32 Å². The topological polar surface area (TPSA) is 79.0 Å². The van der Waals surface area contributed by atoms with E-state index >= 15 is 0 Å². The highest BCUT2D eigenvalue weighted by molar-refractivity contribution is 7.10. The Morgan fingerprint density at radius 2 is 2.20 bits per heavy atom. The number of nitriles is 1. The van der Waals surface area contributed by atoms with E-state index in [9.17, 15) is 18.9 Å². The summed E-state index contributed by atoms with van der Waals surface area (Å²) in [4.78, 5) is 10.7. The first-order chi connectivity index (χ1) is 9.52. The Morgan fingerprint density at radius 1 is 1.45 bits per heavy atom. The summed E-state index contributed by atoms with van der Waals surface area (Å²) in [5, 5.41) is 23.6. The van der Waals surface area contributed by atoms with Crippen molar-refractivity contribution >= 4 is 22.7 Å². The Hall–Kier alpha value is -2.53. The van der Waals surface area contributed by atoms with Gasteiger partial charge in [-0.3, -0.25) is 10.1 Å². The Bertz CT molecular complexity index is 709. The van der Waals surface area contributed by atoms with Crippen molar-refractivity contribution in [3.8, 4) is 6.07 Å². The number of nitro benzene ring substituents is 1. The van der Waals surface area contributed by atoms with Gasteiger partial charge in [0.15, 0.2) is 17.3 Å². The van der Waals surface area contributed by atoms with Gasteiger partial charge in [-0.1, -0.05) is 0 Å². The summed E-state index contributed by atoms with van der Waals surface area (Å²) in [5.41, 5.74) is -0.594. The van der Waals surface area contributed by atoms with Crippen LogP contribution in [0.2, 0.25) is 0 Å². The van der Waals surface area contributed by atoms with Crippen LogP contribution in [0.3, 0.4) is 0 Å². The maximum Gasteiger partial charge on any atom is 0.295 e. The lowest BCUT2D eigenvalue weighted by Crippen LogP contribution is -2.05. The molecule has 2 aromatic rings. The molecule has 2 rings (SSSR count). The lowest BCUT2D eigenvalue weighted by atomic mass is 10.2. The monoisotopic (exact) mass is 295 g/mol. The lowest BCUT2D eigenvalue weighted by Gasteiger charge is -2.07. The fraction of sp³-hybridized carbons (Fsp3) is 0.0833. The van der Waals surface area contributed by atoms with Crippen LogP contribution in [0.5, 0.6) is 0 Å². The molecule has 0 amide bonds. The van der Waals surface area contributed by atoms with E-state index in [1.54, 1.807) is 11.4 Å². The van der Waals surface area contributed by atoms with Crippen molar-refractivity contribution in [3.05, 3.63) is 55.8 Å². The Morgan fingerprint density at radius 3 is 2.80 bits per heavy atom. The number of hydrogen-bond donors (Lipinski definition) is 1. The Labute approximate surface area is 116 Å². The fourth-order valence-corrected chi connectivity index (χ4v) is 2.32. The van der Waals surface area contributed by atoms with Crippen molar-refractivity contribution in [2.45, 2.75) is 6.54 Å². The van der Waals surface area contributed by atoms with Crippen LogP contribution >= 0.6 is 11.3 Å². The van der Waals surface area contributed by atoms with Gasteiger partial charge in [-0.15, -0.1) is 11.3 Å². The summed E-state index contributed by atoms with van der Waals surface area (Å²) in [6.07, 6.45) is 0. The first-order valence-corrected chi connectivity index (χ1v) is 6.24. The normalized spacial score (nSPS) is 10.1. The maximum atomic E-state index is 13.6. The molecule has 8 heteroatoms. The van der Waals surface area contributed by atoms with E-state index < -0.39 is 27.9 Å². The van der Waals surface area contributed by atoms with Gasteiger partial charge in [0.25, 0.3) is 5.69 Å². The van der Waals surface area contributed by atoms with Gasteiger partial charge in [-0.05, 0) is 12.1 Å². The molecule has 0 radical (unpaired) electrons. The molecule has 0 aliphatic rings. The van der Waals surface area contributed by atoms with E-state index in [0.29, 0.717) is 16.5 Å². The number of thiophene rings is 1. The van der Waals surface area contributed by atoms with Gasteiger partial charge in [0.05, 0.1) is 10.5 Å². The van der Waals surface area contributed by atoms with E-state index in [2.05, 4.69) is 5.32 Å². The van der Waals surface area contributed by atoms with Crippen LogP contribution in [-0.2, 0) is 6.54 Å². The van der Waals surface area contributed by atoms with Crippen molar-refractivity contribution in [2.75, 3.05) is 5.32 Å². The zero-order chi connectivity index (χ0) is 14.7. The molecule has 102 valence electrons. The van der Waals surface area contributed by atoms with Crippen molar-refractivity contribution < 1.29 is 13.7 Å². The molecule has 1 N–H and O–H groups in total. The predicted octanol–water partition coefficient (Wildman–Crippen LogP) is 3.42. The van der Waals surface area contributed by atoms with E-state index in [1.807, 2.05) is 6.07 Å². The minimum absolute atomic E-state index is 0.0631. The first kappa shape index (κ1) is 13.9. The largest absolute Gasteiger partial charge is 0.372 e. The van der Waals surface area contributed by atoms with Gasteiger partial charge in [0.2, 0.25) is 0 Å². The molecule has 0 fully saturated rings. The van der Waals surface area contributed by atoms with E-state index in [0.717, 1.165) is 6.07 Å². The molecule has 1 aromatic heterocycles. The molecule has 1 aromatic carbocycles. The number of hydrogen-bond acceptors (Lipinski definition) is 5. The minimum atomic E-state index is -1.30. The Balaban J connectivity index is 2.26. The summed E-state index contributed by atoms with van der Waals surface area (Å²) < 4.78 is 26.7. The predicted molar refractivity (Wildman–Crippen MR) is 69.4 cm³/mol. The second-order valence-electron chi connectivity index (χ2n) is 3.78. The molecule has 0 aliphatic heterocycles. The number of nitrogens with one attached hydrogen (secondary N) is 1. The molecule has 0 saturated carbocycles. The van der Waals surface area contributed by atoms with Gasteiger partial charge >= 0.3 is 0 Å². The molecule has 1 heterocycles. The second-order valence-corrected chi connectivity index (χ2v) is 4.78. The molecular weight excluding hydrogens is 288 g/mol. The van der Waals surface area contributed by atoms with Crippen LogP contribution in [0.25, 0.3) is 0 Å². The van der Waals surface area contributed by atoms with E-state index in [4.69, 9.17) is 5.26 Å². The molecule has 0 bridgehead atoms. The van der Waals surface area contributed by atoms with Crippen LogP contribution in [0, 0.1) is 33.1 Å². The minimum Gasteiger partial charge on any atom is -0.372 e. The highest BCUT2D eigenvalue weighted by atomic mass is 32.1. The number of anilines is 1. The fourth-order valence-electron chi connectivity index (χ4n) is 1.57. The van der Waals surface area contributed by atoms with Crippen molar-refractivity contribution in [1.82, 2.24) is 0 Å². The smallest absolute Gasteiger partial charge is 0.295 e. The molecular formula is C12H7F2N3O2S. The average Bonchev–Trinajstić information content (AvgIpc) is 2.88. The number of halogens is 2. The van der Waals surface area contributed by atoms with Crippen LogP contribution in [0.15, 0.2) is 23.6 Å².